The van der Waals surface area contributed by atoms with Gasteiger partial charge in [-0.2, -0.15) is 5.26 Å². The number of nitrogens with zero attached hydrogens (tertiary/aromatic N) is 3. The van der Waals surface area contributed by atoms with E-state index in [1.807, 2.05) is 13.0 Å². The molecule has 0 fully saturated rings. The van der Waals surface area contributed by atoms with Gasteiger partial charge >= 0.3 is 11.6 Å². The van der Waals surface area contributed by atoms with Crippen molar-refractivity contribution in [3.05, 3.63) is 56.2 Å². The van der Waals surface area contributed by atoms with Crippen LogP contribution in [-0.4, -0.2) is 9.91 Å². The average molecular weight is 334 g/mol. The summed E-state index contributed by atoms with van der Waals surface area (Å²) in [6.07, 6.45) is 1.30. The molecule has 100 valence electrons. The van der Waals surface area contributed by atoms with E-state index >= 15 is 0 Å². The maximum atomic E-state index is 11.1. The average Bonchev–Trinajstić information content (AvgIpc) is 2.42. The Morgan fingerprint density at radius 1 is 1.45 bits per heavy atom. The van der Waals surface area contributed by atoms with Crippen LogP contribution in [0.4, 0.5) is 5.69 Å². The van der Waals surface area contributed by atoms with E-state index in [0.717, 1.165) is 10.0 Å². The molecule has 0 aliphatic heterocycles. The minimum atomic E-state index is -0.672. The highest BCUT2D eigenvalue weighted by atomic mass is 79.9. The second kappa shape index (κ2) is 5.67. The first-order valence-corrected chi connectivity index (χ1v) is 6.29. The minimum Gasteiger partial charge on any atom is -0.433 e. The van der Waals surface area contributed by atoms with Gasteiger partial charge < -0.3 is 4.74 Å². The number of hydrogen-bond acceptors (Lipinski definition) is 5. The van der Waals surface area contributed by atoms with Gasteiger partial charge in [-0.25, -0.2) is 4.98 Å². The number of nitriles is 1. The van der Waals surface area contributed by atoms with Crippen LogP contribution in [0.1, 0.15) is 11.1 Å². The van der Waals surface area contributed by atoms with Crippen molar-refractivity contribution in [1.82, 2.24) is 4.98 Å². The van der Waals surface area contributed by atoms with Crippen molar-refractivity contribution in [3.63, 3.8) is 0 Å². The lowest BCUT2D eigenvalue weighted by molar-refractivity contribution is -0.386. The second-order valence-corrected chi connectivity index (χ2v) is 4.81. The summed E-state index contributed by atoms with van der Waals surface area (Å²) in [4.78, 5) is 14.2. The number of halogens is 1. The molecule has 7 heteroatoms. The third-order valence-corrected chi connectivity index (χ3v) is 3.04. The van der Waals surface area contributed by atoms with E-state index in [9.17, 15) is 10.1 Å². The molecule has 0 aliphatic carbocycles. The fraction of sp³-hybridized carbons (Fsp3) is 0.0769. The summed E-state index contributed by atoms with van der Waals surface area (Å²) in [6, 6.07) is 8.35. The highest BCUT2D eigenvalue weighted by Crippen LogP contribution is 2.34. The molecule has 1 heterocycles. The van der Waals surface area contributed by atoms with E-state index in [4.69, 9.17) is 10.00 Å². The fourth-order valence-electron chi connectivity index (χ4n) is 1.56. The zero-order chi connectivity index (χ0) is 14.7. The van der Waals surface area contributed by atoms with Crippen LogP contribution in [0.2, 0.25) is 0 Å². The number of hydrogen-bond donors (Lipinski definition) is 0. The first-order chi connectivity index (χ1) is 9.52. The smallest absolute Gasteiger partial charge is 0.348 e. The molecule has 0 spiro atoms. The molecule has 0 N–H and O–H groups in total. The van der Waals surface area contributed by atoms with Gasteiger partial charge in [0.25, 0.3) is 0 Å². The van der Waals surface area contributed by atoms with Crippen molar-refractivity contribution < 1.29 is 9.66 Å². The van der Waals surface area contributed by atoms with Crippen LogP contribution < -0.4 is 4.74 Å². The first-order valence-electron chi connectivity index (χ1n) is 5.50. The largest absolute Gasteiger partial charge is 0.433 e. The molecule has 2 rings (SSSR count). The summed E-state index contributed by atoms with van der Waals surface area (Å²) in [5, 5.41) is 20.0. The van der Waals surface area contributed by atoms with Crippen molar-refractivity contribution in [3.8, 4) is 17.7 Å². The Bertz CT molecular complexity index is 725. The van der Waals surface area contributed by atoms with E-state index in [2.05, 4.69) is 20.9 Å². The molecule has 0 saturated carbocycles. The van der Waals surface area contributed by atoms with Gasteiger partial charge in [-0.1, -0.05) is 22.0 Å². The van der Waals surface area contributed by atoms with Crippen LogP contribution >= 0.6 is 15.9 Å². The number of nitro groups is 1. The van der Waals surface area contributed by atoms with Gasteiger partial charge in [0, 0.05) is 10.7 Å². The Labute approximate surface area is 122 Å². The number of pyridine rings is 1. The Hall–Kier alpha value is -2.46. The van der Waals surface area contributed by atoms with Crippen LogP contribution in [0.25, 0.3) is 0 Å². The van der Waals surface area contributed by atoms with Crippen molar-refractivity contribution in [1.29, 1.82) is 5.26 Å². The van der Waals surface area contributed by atoms with Crippen molar-refractivity contribution in [2.75, 3.05) is 0 Å². The molecule has 0 aliphatic rings. The van der Waals surface area contributed by atoms with Gasteiger partial charge in [0.15, 0.2) is 0 Å². The number of aryl methyl sites for hydroxylation is 1. The van der Waals surface area contributed by atoms with E-state index in [-0.39, 0.29) is 11.4 Å². The number of benzene rings is 1. The highest BCUT2D eigenvalue weighted by Gasteiger charge is 2.23. The third kappa shape index (κ3) is 2.75. The maximum absolute atomic E-state index is 11.1. The molecule has 1 aromatic carbocycles. The predicted molar refractivity (Wildman–Crippen MR) is 74.6 cm³/mol. The summed E-state index contributed by atoms with van der Waals surface area (Å²) in [5.41, 5.74) is 0.272. The van der Waals surface area contributed by atoms with Crippen LogP contribution in [0.15, 0.2) is 34.9 Å². The van der Waals surface area contributed by atoms with Gasteiger partial charge in [0.1, 0.15) is 17.4 Å². The van der Waals surface area contributed by atoms with Gasteiger partial charge in [0.2, 0.25) is 0 Å². The second-order valence-electron chi connectivity index (χ2n) is 3.89. The van der Waals surface area contributed by atoms with Crippen molar-refractivity contribution in [2.24, 2.45) is 0 Å². The predicted octanol–water partition coefficient (Wildman–Crippen LogP) is 3.72. The highest BCUT2D eigenvalue weighted by molar-refractivity contribution is 9.10. The molecule has 0 atom stereocenters. The lowest BCUT2D eigenvalue weighted by Gasteiger charge is -2.08. The molecule has 20 heavy (non-hydrogen) atoms. The fourth-order valence-corrected chi connectivity index (χ4v) is 1.90. The molecular formula is C13H8BrN3O3. The Morgan fingerprint density at radius 3 is 2.85 bits per heavy atom. The molecule has 0 radical (unpaired) electrons. The number of aromatic nitrogens is 1. The molecule has 1 aromatic heterocycles. The lowest BCUT2D eigenvalue weighted by atomic mass is 10.2. The molecule has 0 amide bonds. The molecule has 0 unspecified atom stereocenters. The van der Waals surface area contributed by atoms with Crippen LogP contribution in [0, 0.1) is 28.4 Å². The minimum absolute atomic E-state index is 0.0901. The third-order valence-electron chi connectivity index (χ3n) is 2.55. The number of ether oxygens (including phenoxy) is 1. The van der Waals surface area contributed by atoms with E-state index < -0.39 is 10.6 Å². The van der Waals surface area contributed by atoms with Crippen molar-refractivity contribution >= 4 is 21.6 Å². The first kappa shape index (κ1) is 14.0. The molecule has 0 bridgehead atoms. The van der Waals surface area contributed by atoms with Gasteiger partial charge in [0.05, 0.1) is 4.92 Å². The zero-order valence-corrected chi connectivity index (χ0v) is 11.9. The normalized spacial score (nSPS) is 9.85. The summed E-state index contributed by atoms with van der Waals surface area (Å²) in [5.74, 6) is 0.236. The standard InChI is InChI=1S/C13H8BrN3O3/c1-8-2-3-10(14)6-11(8)20-13-12(17(18)19)9(7-15)4-5-16-13/h2-6H,1H3. The lowest BCUT2D eigenvalue weighted by Crippen LogP contribution is -1.99. The van der Waals surface area contributed by atoms with Crippen molar-refractivity contribution in [2.45, 2.75) is 6.92 Å². The summed E-state index contributed by atoms with van der Waals surface area (Å²) < 4.78 is 6.27. The molecule has 0 saturated heterocycles. The monoisotopic (exact) mass is 333 g/mol. The SMILES string of the molecule is Cc1ccc(Br)cc1Oc1nccc(C#N)c1[N+](=O)[O-]. The van der Waals surface area contributed by atoms with Gasteiger partial charge in [-0.05, 0) is 30.7 Å². The quantitative estimate of drug-likeness (QED) is 0.630. The molecular weight excluding hydrogens is 326 g/mol. The van der Waals surface area contributed by atoms with Gasteiger partial charge in [-0.3, -0.25) is 10.1 Å². The summed E-state index contributed by atoms with van der Waals surface area (Å²) in [7, 11) is 0. The topological polar surface area (TPSA) is 89.0 Å². The van der Waals surface area contributed by atoms with E-state index in [1.165, 1.54) is 12.3 Å². The van der Waals surface area contributed by atoms with Crippen LogP contribution in [0.5, 0.6) is 11.6 Å². The Balaban J connectivity index is 2.52. The zero-order valence-electron chi connectivity index (χ0n) is 10.3. The van der Waals surface area contributed by atoms with Gasteiger partial charge in [-0.15, -0.1) is 0 Å². The summed E-state index contributed by atoms with van der Waals surface area (Å²) >= 11 is 3.30. The van der Waals surface area contributed by atoms with E-state index in [0.29, 0.717) is 5.75 Å². The van der Waals surface area contributed by atoms with Crippen LogP contribution in [-0.2, 0) is 0 Å². The van der Waals surface area contributed by atoms with E-state index in [1.54, 1.807) is 18.2 Å². The maximum Gasteiger partial charge on any atom is 0.348 e. The molecule has 2 aromatic rings. The Kier molecular flexibility index (Phi) is 3.96. The molecule has 6 nitrogen and oxygen atoms in total. The van der Waals surface area contributed by atoms with Crippen LogP contribution in [0.3, 0.4) is 0 Å². The Morgan fingerprint density at radius 2 is 2.20 bits per heavy atom. The number of rotatable bonds is 3. The summed E-state index contributed by atoms with van der Waals surface area (Å²) in [6.45, 7) is 1.81.